The molecule has 0 saturated heterocycles. The summed E-state index contributed by atoms with van der Waals surface area (Å²) in [5.41, 5.74) is 8.78. The minimum Gasteiger partial charge on any atom is -0.474 e. The highest BCUT2D eigenvalue weighted by Crippen LogP contribution is 2.57. The molecule has 8 nitrogen and oxygen atoms in total. The van der Waals surface area contributed by atoms with Crippen molar-refractivity contribution in [3.05, 3.63) is 69.4 Å². The zero-order valence-corrected chi connectivity index (χ0v) is 22.5. The van der Waals surface area contributed by atoms with Crippen molar-refractivity contribution >= 4 is 33.4 Å². The van der Waals surface area contributed by atoms with Crippen LogP contribution in [0, 0.1) is 37.8 Å². The van der Waals surface area contributed by atoms with Crippen LogP contribution in [0.4, 0.5) is 8.78 Å². The number of carbonyl (C=O) groups is 2. The van der Waals surface area contributed by atoms with E-state index in [1.165, 1.54) is 16.9 Å². The number of rotatable bonds is 6. The Morgan fingerprint density at radius 1 is 1.13 bits per heavy atom. The molecule has 3 heterocycles. The molecule has 0 aliphatic heterocycles. The summed E-state index contributed by atoms with van der Waals surface area (Å²) in [7, 11) is 0. The van der Waals surface area contributed by atoms with Gasteiger partial charge in [-0.15, -0.1) is 11.3 Å². The van der Waals surface area contributed by atoms with Gasteiger partial charge in [-0.25, -0.2) is 18.4 Å². The maximum Gasteiger partial charge on any atom is 0.254 e. The summed E-state index contributed by atoms with van der Waals surface area (Å²) >= 11 is 1.58. The monoisotopic (exact) mass is 551 g/mol. The highest BCUT2D eigenvalue weighted by Gasteiger charge is 2.54. The van der Waals surface area contributed by atoms with Gasteiger partial charge >= 0.3 is 0 Å². The van der Waals surface area contributed by atoms with Crippen LogP contribution in [-0.4, -0.2) is 38.7 Å². The summed E-state index contributed by atoms with van der Waals surface area (Å²) in [4.78, 5) is 30.8. The molecule has 39 heavy (non-hydrogen) atoms. The Balaban J connectivity index is 1.07. The minimum absolute atomic E-state index is 0.0100. The van der Waals surface area contributed by atoms with Gasteiger partial charge in [0.1, 0.15) is 23.2 Å². The number of nitrogens with zero attached hydrogens (tertiary/aromatic N) is 3. The van der Waals surface area contributed by atoms with Crippen molar-refractivity contribution in [2.75, 3.05) is 0 Å². The summed E-state index contributed by atoms with van der Waals surface area (Å²) in [5.74, 6) is -2.00. The van der Waals surface area contributed by atoms with Crippen molar-refractivity contribution in [1.82, 2.24) is 20.1 Å². The Morgan fingerprint density at radius 2 is 1.87 bits per heavy atom. The summed E-state index contributed by atoms with van der Waals surface area (Å²) in [5, 5.41) is 7.18. The number of thiophene rings is 1. The first-order chi connectivity index (χ1) is 18.5. The number of hydrogen-bond donors (Lipinski definition) is 2. The van der Waals surface area contributed by atoms with Crippen LogP contribution in [0.5, 0.6) is 5.88 Å². The van der Waals surface area contributed by atoms with Gasteiger partial charge in [-0.05, 0) is 75.6 Å². The molecule has 2 aliphatic rings. The van der Waals surface area contributed by atoms with Crippen molar-refractivity contribution in [2.45, 2.75) is 58.6 Å². The molecule has 0 unspecified atom stereocenters. The SMILES string of the molecule is Cc1sc2cc(C(N)=O)c(OC3CC4(CC(NC(=O)c5cnn(-c6ccc(F)cc6F)c5C)C4)C3)nc2c1C. The van der Waals surface area contributed by atoms with Crippen LogP contribution in [0.2, 0.25) is 0 Å². The zero-order chi connectivity index (χ0) is 27.6. The maximum absolute atomic E-state index is 14.2. The van der Waals surface area contributed by atoms with Crippen LogP contribution in [0.3, 0.4) is 0 Å². The lowest BCUT2D eigenvalue weighted by molar-refractivity contribution is -0.0847. The second kappa shape index (κ2) is 9.11. The number of benzene rings is 1. The van der Waals surface area contributed by atoms with E-state index in [0.717, 1.165) is 58.5 Å². The first-order valence-corrected chi connectivity index (χ1v) is 13.5. The Bertz CT molecular complexity index is 1650. The molecule has 1 spiro atoms. The minimum atomic E-state index is -0.755. The quantitative estimate of drug-likeness (QED) is 0.354. The number of carbonyl (C=O) groups excluding carboxylic acids is 2. The number of nitrogens with one attached hydrogen (secondary N) is 1. The number of halogens is 2. The van der Waals surface area contributed by atoms with Gasteiger partial charge in [-0.1, -0.05) is 0 Å². The van der Waals surface area contributed by atoms with E-state index in [-0.39, 0.29) is 35.0 Å². The van der Waals surface area contributed by atoms with Crippen molar-refractivity contribution in [2.24, 2.45) is 11.1 Å². The first kappa shape index (κ1) is 25.4. The topological polar surface area (TPSA) is 112 Å². The van der Waals surface area contributed by atoms with Crippen LogP contribution < -0.4 is 15.8 Å². The summed E-state index contributed by atoms with van der Waals surface area (Å²) < 4.78 is 35.8. The number of aryl methyl sites for hydroxylation is 2. The number of hydrogen-bond acceptors (Lipinski definition) is 6. The molecular weight excluding hydrogens is 524 g/mol. The number of aromatic nitrogens is 3. The number of nitrogens with two attached hydrogens (primary N) is 1. The Morgan fingerprint density at radius 3 is 2.56 bits per heavy atom. The molecule has 2 aliphatic carbocycles. The Hall–Kier alpha value is -3.86. The first-order valence-electron chi connectivity index (χ1n) is 12.7. The van der Waals surface area contributed by atoms with E-state index >= 15 is 0 Å². The standard InChI is InChI=1S/C28H27F2N5O3S/c1-13-15(3)39-23-7-19(25(31)36)27(34-24(13)23)38-18-10-28(11-18)8-17(9-28)33-26(37)20-12-32-35(14(20)2)22-5-4-16(29)6-21(22)30/h4-7,12,17-18H,8-11H2,1-3H3,(H2,31,36)(H,33,37). The second-order valence-electron chi connectivity index (χ2n) is 10.7. The lowest BCUT2D eigenvalue weighted by Gasteiger charge is -2.57. The van der Waals surface area contributed by atoms with Gasteiger partial charge in [0.15, 0.2) is 5.82 Å². The van der Waals surface area contributed by atoms with Crippen LogP contribution in [0.15, 0.2) is 30.5 Å². The van der Waals surface area contributed by atoms with Gasteiger partial charge in [0.25, 0.3) is 11.8 Å². The zero-order valence-electron chi connectivity index (χ0n) is 21.7. The number of amides is 2. The van der Waals surface area contributed by atoms with Crippen LogP contribution in [0.1, 0.15) is 62.5 Å². The molecule has 2 saturated carbocycles. The summed E-state index contributed by atoms with van der Waals surface area (Å²) in [6.45, 7) is 5.70. The number of pyridine rings is 1. The Kier molecular flexibility index (Phi) is 5.94. The van der Waals surface area contributed by atoms with Gasteiger partial charge in [-0.2, -0.15) is 5.10 Å². The van der Waals surface area contributed by atoms with E-state index < -0.39 is 17.5 Å². The third-order valence-electron chi connectivity index (χ3n) is 8.05. The van der Waals surface area contributed by atoms with Gasteiger partial charge in [-0.3, -0.25) is 9.59 Å². The lowest BCUT2D eigenvalue weighted by Crippen LogP contribution is -2.58. The number of fused-ring (bicyclic) bond motifs is 1. The molecule has 0 atom stereocenters. The van der Waals surface area contributed by atoms with Crippen LogP contribution in [0.25, 0.3) is 15.9 Å². The van der Waals surface area contributed by atoms with Crippen LogP contribution >= 0.6 is 11.3 Å². The van der Waals surface area contributed by atoms with Gasteiger partial charge < -0.3 is 15.8 Å². The lowest BCUT2D eigenvalue weighted by atomic mass is 9.53. The largest absolute Gasteiger partial charge is 0.474 e. The fourth-order valence-electron chi connectivity index (χ4n) is 5.86. The van der Waals surface area contributed by atoms with Crippen LogP contribution in [-0.2, 0) is 0 Å². The van der Waals surface area contributed by atoms with Gasteiger partial charge in [0.05, 0.1) is 27.7 Å². The number of ether oxygens (including phenoxy) is 1. The molecule has 0 bridgehead atoms. The Labute approximate surface area is 227 Å². The van der Waals surface area contributed by atoms with Crippen molar-refractivity contribution in [3.8, 4) is 11.6 Å². The van der Waals surface area contributed by atoms with E-state index in [1.54, 1.807) is 24.3 Å². The van der Waals surface area contributed by atoms with E-state index in [4.69, 9.17) is 10.5 Å². The summed E-state index contributed by atoms with van der Waals surface area (Å²) in [6, 6.07) is 5.00. The maximum atomic E-state index is 14.2. The molecule has 6 rings (SSSR count). The van der Waals surface area contributed by atoms with Crippen molar-refractivity contribution in [3.63, 3.8) is 0 Å². The molecule has 2 fully saturated rings. The smallest absolute Gasteiger partial charge is 0.254 e. The normalized spacial score (nSPS) is 22.0. The average molecular weight is 552 g/mol. The fraction of sp³-hybridized carbons (Fsp3) is 0.357. The highest BCUT2D eigenvalue weighted by molar-refractivity contribution is 7.19. The number of primary amides is 1. The third-order valence-corrected chi connectivity index (χ3v) is 9.19. The van der Waals surface area contributed by atoms with Crippen molar-refractivity contribution in [1.29, 1.82) is 0 Å². The van der Waals surface area contributed by atoms with E-state index in [2.05, 4.69) is 15.4 Å². The van der Waals surface area contributed by atoms with E-state index in [0.29, 0.717) is 16.8 Å². The van der Waals surface area contributed by atoms with E-state index in [1.807, 2.05) is 13.8 Å². The molecule has 3 N–H and O–H groups in total. The fourth-order valence-corrected chi connectivity index (χ4v) is 6.91. The molecule has 2 amide bonds. The third kappa shape index (κ3) is 4.34. The van der Waals surface area contributed by atoms with E-state index in [9.17, 15) is 18.4 Å². The highest BCUT2D eigenvalue weighted by atomic mass is 32.1. The molecule has 4 aromatic rings. The van der Waals surface area contributed by atoms with Crippen molar-refractivity contribution < 1.29 is 23.1 Å². The predicted octanol–water partition coefficient (Wildman–Crippen LogP) is 4.90. The average Bonchev–Trinajstić information content (AvgIpc) is 3.34. The molecular formula is C28H27F2N5O3S. The molecule has 3 aromatic heterocycles. The molecule has 11 heteroatoms. The molecule has 202 valence electrons. The summed E-state index contributed by atoms with van der Waals surface area (Å²) in [6.07, 6.45) is 4.56. The molecule has 0 radical (unpaired) electrons. The predicted molar refractivity (Wildman–Crippen MR) is 142 cm³/mol. The molecule has 1 aromatic carbocycles. The van der Waals surface area contributed by atoms with Gasteiger partial charge in [0.2, 0.25) is 5.88 Å². The second-order valence-corrected chi connectivity index (χ2v) is 12.0. The van der Waals surface area contributed by atoms with Gasteiger partial charge in [0, 0.05) is 17.0 Å².